The molecule has 0 saturated carbocycles. The fraction of sp³-hybridized carbons (Fsp3) is 0.846. The molecule has 0 rings (SSSR count). The first-order valence-electron chi connectivity index (χ1n) is 5.91. The van der Waals surface area contributed by atoms with Crippen LogP contribution in [-0.2, 0) is 0 Å². The first-order valence-corrected chi connectivity index (χ1v) is 9.84. The third-order valence-electron chi connectivity index (χ3n) is 2.83. The van der Waals surface area contributed by atoms with Crippen molar-refractivity contribution in [2.24, 2.45) is 11.8 Å². The molecule has 1 unspecified atom stereocenters. The van der Waals surface area contributed by atoms with E-state index >= 15 is 0 Å². The van der Waals surface area contributed by atoms with Crippen molar-refractivity contribution < 1.29 is 5.11 Å². The maximum absolute atomic E-state index is 10.6. The van der Waals surface area contributed by atoms with Gasteiger partial charge in [0.05, 0.1) is 5.60 Å². The van der Waals surface area contributed by atoms with E-state index < -0.39 is 19.1 Å². The van der Waals surface area contributed by atoms with E-state index in [1.807, 2.05) is 27.7 Å². The van der Waals surface area contributed by atoms with Crippen molar-refractivity contribution in [2.45, 2.75) is 58.3 Å². The summed E-state index contributed by atoms with van der Waals surface area (Å²) in [4.78, 5) is 0. The fourth-order valence-electron chi connectivity index (χ4n) is 1.65. The summed E-state index contributed by atoms with van der Waals surface area (Å²) in [6, 6.07) is 0. The zero-order valence-electron chi connectivity index (χ0n) is 11.6. The molecule has 1 nitrogen and oxygen atoms in total. The molecular formula is C13H25ClOSi. The van der Waals surface area contributed by atoms with Crippen molar-refractivity contribution in [3.63, 3.8) is 0 Å². The second-order valence-electron chi connectivity index (χ2n) is 6.08. The maximum atomic E-state index is 10.6. The molecule has 0 amide bonds. The normalized spacial score (nSPS) is 14.9. The molecule has 0 fully saturated rings. The van der Waals surface area contributed by atoms with Crippen molar-refractivity contribution in [1.82, 2.24) is 0 Å². The lowest BCUT2D eigenvalue weighted by molar-refractivity contribution is -0.0388. The highest BCUT2D eigenvalue weighted by atomic mass is 35.5. The third kappa shape index (κ3) is 4.12. The minimum absolute atomic E-state index is 0.103. The highest BCUT2D eigenvalue weighted by molar-refractivity contribution is 6.83. The Kier molecular flexibility index (Phi) is 5.59. The van der Waals surface area contributed by atoms with Crippen LogP contribution >= 0.6 is 11.6 Å². The van der Waals surface area contributed by atoms with E-state index in [2.05, 4.69) is 31.1 Å². The van der Waals surface area contributed by atoms with Gasteiger partial charge in [-0.1, -0.05) is 53.3 Å². The molecule has 1 atom stereocenters. The van der Waals surface area contributed by atoms with Gasteiger partial charge in [0.2, 0.25) is 0 Å². The number of hydrogen-bond acceptors (Lipinski definition) is 1. The van der Waals surface area contributed by atoms with Crippen molar-refractivity contribution in [3.05, 3.63) is 0 Å². The van der Waals surface area contributed by atoms with Crippen LogP contribution < -0.4 is 0 Å². The van der Waals surface area contributed by atoms with Gasteiger partial charge in [-0.05, 0) is 11.8 Å². The molecule has 0 saturated heterocycles. The van der Waals surface area contributed by atoms with Gasteiger partial charge in [0.25, 0.3) is 0 Å². The predicted molar refractivity (Wildman–Crippen MR) is 75.4 cm³/mol. The van der Waals surface area contributed by atoms with E-state index in [0.29, 0.717) is 0 Å². The number of hydrogen-bond donors (Lipinski definition) is 1. The van der Waals surface area contributed by atoms with Gasteiger partial charge in [-0.3, -0.25) is 0 Å². The molecule has 94 valence electrons. The van der Waals surface area contributed by atoms with Crippen molar-refractivity contribution in [1.29, 1.82) is 0 Å². The van der Waals surface area contributed by atoms with Crippen LogP contribution in [0.4, 0.5) is 0 Å². The molecule has 0 aliphatic heterocycles. The minimum atomic E-state index is -1.42. The van der Waals surface area contributed by atoms with Crippen molar-refractivity contribution in [2.75, 3.05) is 0 Å². The minimum Gasteiger partial charge on any atom is -0.387 e. The van der Waals surface area contributed by atoms with E-state index in [0.717, 1.165) is 0 Å². The fourth-order valence-corrected chi connectivity index (χ4v) is 2.87. The zero-order valence-corrected chi connectivity index (χ0v) is 13.3. The Morgan fingerprint density at radius 2 is 1.44 bits per heavy atom. The Bertz CT molecular complexity index is 273. The lowest BCUT2D eigenvalue weighted by Gasteiger charge is -2.38. The SMILES string of the molecule is CC(C)C(O)(C(C)C)C(Cl)C#C[Si](C)(C)C. The molecule has 0 spiro atoms. The summed E-state index contributed by atoms with van der Waals surface area (Å²) in [5.74, 6) is 3.26. The Balaban J connectivity index is 5.04. The van der Waals surface area contributed by atoms with E-state index in [9.17, 15) is 5.11 Å². The van der Waals surface area contributed by atoms with Crippen LogP contribution in [0.1, 0.15) is 27.7 Å². The molecule has 16 heavy (non-hydrogen) atoms. The van der Waals surface area contributed by atoms with Gasteiger partial charge >= 0.3 is 0 Å². The molecule has 0 aromatic rings. The molecular weight excluding hydrogens is 236 g/mol. The highest BCUT2D eigenvalue weighted by Gasteiger charge is 2.41. The average molecular weight is 261 g/mol. The quantitative estimate of drug-likeness (QED) is 0.468. The summed E-state index contributed by atoms with van der Waals surface area (Å²) in [5.41, 5.74) is 2.33. The lowest BCUT2D eigenvalue weighted by Crippen LogP contribution is -2.48. The number of halogens is 1. The average Bonchev–Trinajstić information content (AvgIpc) is 2.10. The van der Waals surface area contributed by atoms with E-state index in [1.54, 1.807) is 0 Å². The van der Waals surface area contributed by atoms with E-state index in [1.165, 1.54) is 0 Å². The summed E-state index contributed by atoms with van der Waals surface area (Å²) in [6.45, 7) is 14.5. The molecule has 0 aliphatic carbocycles. The topological polar surface area (TPSA) is 20.2 Å². The summed E-state index contributed by atoms with van der Waals surface area (Å²) in [7, 11) is -1.42. The standard InChI is InChI=1S/C13H25ClOSi/c1-10(2)13(15,11(3)4)12(14)8-9-16(5,6)7/h10-12,15H,1-7H3. The van der Waals surface area contributed by atoms with Crippen molar-refractivity contribution >= 4 is 19.7 Å². The predicted octanol–water partition coefficient (Wildman–Crippen LogP) is 3.52. The van der Waals surface area contributed by atoms with Crippen LogP contribution in [0.25, 0.3) is 0 Å². The number of rotatable bonds is 3. The van der Waals surface area contributed by atoms with Gasteiger partial charge in [-0.25, -0.2) is 0 Å². The summed E-state index contributed by atoms with van der Waals surface area (Å²) < 4.78 is 0. The maximum Gasteiger partial charge on any atom is 0.129 e. The molecule has 3 heteroatoms. The first-order chi connectivity index (χ1) is 7.01. The van der Waals surface area contributed by atoms with Gasteiger partial charge in [-0.2, -0.15) is 0 Å². The van der Waals surface area contributed by atoms with Gasteiger partial charge in [-0.15, -0.1) is 17.1 Å². The van der Waals surface area contributed by atoms with Gasteiger partial charge in [0.1, 0.15) is 13.5 Å². The van der Waals surface area contributed by atoms with E-state index in [4.69, 9.17) is 11.6 Å². The molecule has 0 radical (unpaired) electrons. The van der Waals surface area contributed by atoms with Crippen LogP contribution in [0.3, 0.4) is 0 Å². The summed E-state index contributed by atoms with van der Waals surface area (Å²) in [5, 5.41) is 10.1. The number of alkyl halides is 1. The van der Waals surface area contributed by atoms with Crippen LogP contribution in [0.2, 0.25) is 19.6 Å². The second-order valence-corrected chi connectivity index (χ2v) is 11.3. The summed E-state index contributed by atoms with van der Waals surface area (Å²) >= 11 is 6.28. The zero-order chi connectivity index (χ0) is 13.1. The lowest BCUT2D eigenvalue weighted by atomic mass is 9.78. The summed E-state index contributed by atoms with van der Waals surface area (Å²) in [6.07, 6.45) is 0. The Hall–Kier alpha value is 0.0269. The third-order valence-corrected chi connectivity index (χ3v) is 4.18. The van der Waals surface area contributed by atoms with Crippen LogP contribution in [0.5, 0.6) is 0 Å². The van der Waals surface area contributed by atoms with Crippen LogP contribution in [0, 0.1) is 23.3 Å². The number of aliphatic hydroxyl groups is 1. The molecule has 1 N–H and O–H groups in total. The molecule has 0 aromatic carbocycles. The smallest absolute Gasteiger partial charge is 0.129 e. The highest BCUT2D eigenvalue weighted by Crippen LogP contribution is 2.32. The van der Waals surface area contributed by atoms with E-state index in [-0.39, 0.29) is 11.8 Å². The van der Waals surface area contributed by atoms with Gasteiger partial charge in [0, 0.05) is 0 Å². The molecule has 0 aromatic heterocycles. The van der Waals surface area contributed by atoms with Crippen molar-refractivity contribution in [3.8, 4) is 11.5 Å². The monoisotopic (exact) mass is 260 g/mol. The molecule has 0 heterocycles. The van der Waals surface area contributed by atoms with Gasteiger partial charge < -0.3 is 5.11 Å². The first kappa shape index (κ1) is 16.0. The Morgan fingerprint density at radius 3 is 1.69 bits per heavy atom. The molecule has 0 bridgehead atoms. The Labute approximate surface area is 107 Å². The Morgan fingerprint density at radius 1 is 1.06 bits per heavy atom. The van der Waals surface area contributed by atoms with Crippen LogP contribution in [-0.4, -0.2) is 24.2 Å². The largest absolute Gasteiger partial charge is 0.387 e. The molecule has 0 aliphatic rings. The van der Waals surface area contributed by atoms with Gasteiger partial charge in [0.15, 0.2) is 0 Å². The van der Waals surface area contributed by atoms with Crippen LogP contribution in [0.15, 0.2) is 0 Å². The second kappa shape index (κ2) is 5.58.